The molecule has 3 heteroatoms. The third kappa shape index (κ3) is 1.52. The second kappa shape index (κ2) is 3.74. The van der Waals surface area contributed by atoms with Crippen molar-refractivity contribution in [3.63, 3.8) is 0 Å². The van der Waals surface area contributed by atoms with E-state index in [0.29, 0.717) is 10.8 Å². The van der Waals surface area contributed by atoms with Gasteiger partial charge >= 0.3 is 0 Å². The zero-order valence-corrected chi connectivity index (χ0v) is 9.62. The molecule has 1 aromatic carbocycles. The molecule has 0 aliphatic rings. The second-order valence-corrected chi connectivity index (χ2v) is 4.32. The number of benzene rings is 1. The van der Waals surface area contributed by atoms with Crippen LogP contribution in [0.2, 0.25) is 0 Å². The van der Waals surface area contributed by atoms with E-state index in [1.807, 2.05) is 13.8 Å². The van der Waals surface area contributed by atoms with E-state index in [1.165, 1.54) is 10.6 Å². The first-order valence-electron chi connectivity index (χ1n) is 5.30. The Labute approximate surface area is 93.3 Å². The summed E-state index contributed by atoms with van der Waals surface area (Å²) in [6, 6.07) is 4.64. The minimum atomic E-state index is -0.320. The van der Waals surface area contributed by atoms with Gasteiger partial charge in [-0.3, -0.25) is 4.79 Å². The van der Waals surface area contributed by atoms with Gasteiger partial charge in [-0.15, -0.1) is 0 Å². The van der Waals surface area contributed by atoms with Crippen LogP contribution in [-0.2, 0) is 7.05 Å². The van der Waals surface area contributed by atoms with Gasteiger partial charge in [0.25, 0.3) is 5.56 Å². The van der Waals surface area contributed by atoms with E-state index in [2.05, 4.69) is 0 Å². The Morgan fingerprint density at radius 3 is 2.62 bits per heavy atom. The predicted molar refractivity (Wildman–Crippen MR) is 63.2 cm³/mol. The average Bonchev–Trinajstić information content (AvgIpc) is 2.23. The number of aromatic nitrogens is 1. The molecule has 16 heavy (non-hydrogen) atoms. The van der Waals surface area contributed by atoms with Gasteiger partial charge in [-0.2, -0.15) is 0 Å². The van der Waals surface area contributed by atoms with Gasteiger partial charge in [-0.25, -0.2) is 4.39 Å². The van der Waals surface area contributed by atoms with E-state index >= 15 is 0 Å². The zero-order chi connectivity index (χ0) is 11.9. The fraction of sp³-hybridized carbons (Fsp3) is 0.308. The number of hydrogen-bond acceptors (Lipinski definition) is 1. The number of halogens is 1. The molecule has 0 saturated carbocycles. The lowest BCUT2D eigenvalue weighted by Gasteiger charge is -2.12. The maximum absolute atomic E-state index is 13.8. The van der Waals surface area contributed by atoms with Gasteiger partial charge in [0.2, 0.25) is 0 Å². The number of hydrogen-bond donors (Lipinski definition) is 0. The monoisotopic (exact) mass is 219 g/mol. The standard InChI is InChI=1S/C13H14FNO/c1-8(2)10-7-15(3)13(16)9-5-4-6-11(14)12(9)10/h4-8H,1-3H3. The summed E-state index contributed by atoms with van der Waals surface area (Å²) in [7, 11) is 1.69. The Morgan fingerprint density at radius 1 is 1.31 bits per heavy atom. The lowest BCUT2D eigenvalue weighted by Crippen LogP contribution is -2.18. The van der Waals surface area contributed by atoms with Gasteiger partial charge in [0.1, 0.15) is 5.82 Å². The van der Waals surface area contributed by atoms with Crippen LogP contribution in [0.3, 0.4) is 0 Å². The van der Waals surface area contributed by atoms with Crippen molar-refractivity contribution in [2.24, 2.45) is 7.05 Å². The highest BCUT2D eigenvalue weighted by atomic mass is 19.1. The van der Waals surface area contributed by atoms with E-state index in [4.69, 9.17) is 0 Å². The number of fused-ring (bicyclic) bond motifs is 1. The first kappa shape index (κ1) is 10.9. The van der Waals surface area contributed by atoms with Crippen molar-refractivity contribution >= 4 is 10.8 Å². The van der Waals surface area contributed by atoms with Crippen LogP contribution in [0.4, 0.5) is 4.39 Å². The van der Waals surface area contributed by atoms with E-state index in [0.717, 1.165) is 5.56 Å². The molecule has 0 saturated heterocycles. The van der Waals surface area contributed by atoms with Crippen LogP contribution in [0.1, 0.15) is 25.3 Å². The summed E-state index contributed by atoms with van der Waals surface area (Å²) in [5.41, 5.74) is 0.717. The molecule has 1 aromatic heterocycles. The van der Waals surface area contributed by atoms with Crippen molar-refractivity contribution in [3.8, 4) is 0 Å². The van der Waals surface area contributed by atoms with Gasteiger partial charge in [-0.05, 0) is 23.6 Å². The van der Waals surface area contributed by atoms with Crippen molar-refractivity contribution in [1.82, 2.24) is 4.57 Å². The van der Waals surface area contributed by atoms with Gasteiger partial charge < -0.3 is 4.57 Å². The van der Waals surface area contributed by atoms with Crippen LogP contribution in [-0.4, -0.2) is 4.57 Å². The number of pyridine rings is 1. The first-order valence-corrected chi connectivity index (χ1v) is 5.30. The summed E-state index contributed by atoms with van der Waals surface area (Å²) in [6.45, 7) is 3.98. The third-order valence-corrected chi connectivity index (χ3v) is 2.81. The summed E-state index contributed by atoms with van der Waals surface area (Å²) in [5.74, 6) is -0.134. The molecule has 0 radical (unpaired) electrons. The highest BCUT2D eigenvalue weighted by Gasteiger charge is 2.13. The second-order valence-electron chi connectivity index (χ2n) is 4.32. The molecular formula is C13H14FNO. The topological polar surface area (TPSA) is 22.0 Å². The highest BCUT2D eigenvalue weighted by Crippen LogP contribution is 2.25. The molecule has 2 nitrogen and oxygen atoms in total. The molecule has 1 heterocycles. The molecule has 0 aliphatic heterocycles. The summed E-state index contributed by atoms with van der Waals surface area (Å²) >= 11 is 0. The van der Waals surface area contributed by atoms with Crippen LogP contribution in [0.15, 0.2) is 29.2 Å². The third-order valence-electron chi connectivity index (χ3n) is 2.81. The maximum atomic E-state index is 13.8. The maximum Gasteiger partial charge on any atom is 0.258 e. The summed E-state index contributed by atoms with van der Waals surface area (Å²) < 4.78 is 15.3. The molecule has 0 amide bonds. The van der Waals surface area contributed by atoms with E-state index in [-0.39, 0.29) is 17.3 Å². The van der Waals surface area contributed by atoms with Gasteiger partial charge in [0.05, 0.1) is 5.39 Å². The van der Waals surface area contributed by atoms with E-state index in [1.54, 1.807) is 25.4 Å². The summed E-state index contributed by atoms with van der Waals surface area (Å²) in [5, 5.41) is 0.911. The minimum Gasteiger partial charge on any atom is -0.318 e. The number of aryl methyl sites for hydroxylation is 1. The lowest BCUT2D eigenvalue weighted by molar-refractivity contribution is 0.636. The van der Waals surface area contributed by atoms with Gasteiger partial charge in [0.15, 0.2) is 0 Å². The molecule has 0 spiro atoms. The Kier molecular flexibility index (Phi) is 2.54. The molecule has 0 unspecified atom stereocenters. The fourth-order valence-electron chi connectivity index (χ4n) is 1.96. The van der Waals surface area contributed by atoms with E-state index in [9.17, 15) is 9.18 Å². The Morgan fingerprint density at radius 2 is 2.00 bits per heavy atom. The zero-order valence-electron chi connectivity index (χ0n) is 9.62. The molecule has 2 aromatic rings. The Balaban J connectivity index is 3.02. The minimum absolute atomic E-state index is 0.154. The molecule has 0 atom stereocenters. The highest BCUT2D eigenvalue weighted by molar-refractivity contribution is 5.85. The van der Waals surface area contributed by atoms with Crippen molar-refractivity contribution in [3.05, 3.63) is 46.1 Å². The largest absolute Gasteiger partial charge is 0.318 e. The van der Waals surface area contributed by atoms with Gasteiger partial charge in [0, 0.05) is 18.6 Å². The molecule has 0 N–H and O–H groups in total. The quantitative estimate of drug-likeness (QED) is 0.722. The molecular weight excluding hydrogens is 205 g/mol. The smallest absolute Gasteiger partial charge is 0.258 e. The van der Waals surface area contributed by atoms with Crippen LogP contribution in [0.25, 0.3) is 10.8 Å². The number of nitrogens with zero attached hydrogens (tertiary/aromatic N) is 1. The predicted octanol–water partition coefficient (Wildman–Crippen LogP) is 2.80. The van der Waals surface area contributed by atoms with E-state index < -0.39 is 0 Å². The molecule has 0 bridgehead atoms. The Bertz CT molecular complexity index is 599. The summed E-state index contributed by atoms with van der Waals surface area (Å²) in [6.07, 6.45) is 1.72. The average molecular weight is 219 g/mol. The number of rotatable bonds is 1. The SMILES string of the molecule is CC(C)c1cn(C)c(=O)c2cccc(F)c12. The van der Waals surface area contributed by atoms with Crippen molar-refractivity contribution in [2.75, 3.05) is 0 Å². The van der Waals surface area contributed by atoms with Crippen LogP contribution in [0.5, 0.6) is 0 Å². The summed E-state index contributed by atoms with van der Waals surface area (Å²) in [4.78, 5) is 11.9. The van der Waals surface area contributed by atoms with Gasteiger partial charge in [-0.1, -0.05) is 19.9 Å². The lowest BCUT2D eigenvalue weighted by atomic mass is 9.98. The Hall–Kier alpha value is -1.64. The van der Waals surface area contributed by atoms with Crippen molar-refractivity contribution in [2.45, 2.75) is 19.8 Å². The molecule has 0 aliphatic carbocycles. The van der Waals surface area contributed by atoms with Crippen LogP contribution < -0.4 is 5.56 Å². The van der Waals surface area contributed by atoms with Crippen molar-refractivity contribution < 1.29 is 4.39 Å². The molecule has 2 rings (SSSR count). The molecule has 0 fully saturated rings. The fourth-order valence-corrected chi connectivity index (χ4v) is 1.96. The van der Waals surface area contributed by atoms with Crippen LogP contribution >= 0.6 is 0 Å². The molecule has 84 valence electrons. The normalized spacial score (nSPS) is 11.3. The van der Waals surface area contributed by atoms with Crippen molar-refractivity contribution in [1.29, 1.82) is 0 Å². The first-order chi connectivity index (χ1) is 7.52. The van der Waals surface area contributed by atoms with Crippen LogP contribution in [0, 0.1) is 5.82 Å².